The number of hydrogen-bond acceptors (Lipinski definition) is 8. The van der Waals surface area contributed by atoms with Crippen LogP contribution >= 0.6 is 0 Å². The van der Waals surface area contributed by atoms with Gasteiger partial charge in [-0.15, -0.1) is 0 Å². The van der Waals surface area contributed by atoms with Crippen LogP contribution in [0.5, 0.6) is 0 Å². The molecule has 10 heteroatoms. The van der Waals surface area contributed by atoms with E-state index in [0.29, 0.717) is 58.6 Å². The number of carbonyl (C=O) groups is 1. The van der Waals surface area contributed by atoms with E-state index in [-0.39, 0.29) is 17.1 Å². The van der Waals surface area contributed by atoms with Gasteiger partial charge in [0.15, 0.2) is 5.82 Å². The van der Waals surface area contributed by atoms with Crippen LogP contribution in [0.3, 0.4) is 0 Å². The molecule has 4 heterocycles. The Morgan fingerprint density at radius 3 is 2.88 bits per heavy atom. The van der Waals surface area contributed by atoms with Crippen LogP contribution in [0.2, 0.25) is 0 Å². The molecular formula is C23H19FN8O. The van der Waals surface area contributed by atoms with Crippen molar-refractivity contribution in [2.24, 2.45) is 5.73 Å². The Bertz CT molecular complexity index is 1430. The number of nitrogens with two attached hydrogens (primary N) is 1. The van der Waals surface area contributed by atoms with E-state index < -0.39 is 12.1 Å². The lowest BCUT2D eigenvalue weighted by molar-refractivity contribution is 0.100. The van der Waals surface area contributed by atoms with Crippen molar-refractivity contribution in [1.82, 2.24) is 25.3 Å². The van der Waals surface area contributed by atoms with E-state index in [1.54, 1.807) is 30.5 Å². The van der Waals surface area contributed by atoms with Gasteiger partial charge in [-0.3, -0.25) is 9.78 Å². The van der Waals surface area contributed by atoms with Crippen molar-refractivity contribution in [3.8, 4) is 17.3 Å². The monoisotopic (exact) mass is 442 g/mol. The largest absolute Gasteiger partial charge is 0.366 e. The van der Waals surface area contributed by atoms with Gasteiger partial charge in [-0.1, -0.05) is 0 Å². The number of piperidine rings is 1. The molecule has 164 valence electrons. The number of alkyl halides is 1. The Labute approximate surface area is 187 Å². The SMILES string of the molecule is N#Cc1c(-c2cc(C(N)=O)c3ncnc(N[C@@H]4CNC[C@@H](F)C4)c3n2)ccc2ncccc12. The van der Waals surface area contributed by atoms with Gasteiger partial charge in [-0.25, -0.2) is 19.3 Å². The van der Waals surface area contributed by atoms with E-state index in [0.717, 1.165) is 0 Å². The van der Waals surface area contributed by atoms with Gasteiger partial charge in [-0.2, -0.15) is 5.26 Å². The number of hydrogen-bond donors (Lipinski definition) is 3. The van der Waals surface area contributed by atoms with Crippen LogP contribution in [-0.2, 0) is 0 Å². The number of amides is 1. The zero-order chi connectivity index (χ0) is 22.9. The maximum atomic E-state index is 13.9. The van der Waals surface area contributed by atoms with Crippen LogP contribution in [0.15, 0.2) is 42.9 Å². The molecule has 0 aliphatic carbocycles. The van der Waals surface area contributed by atoms with Crippen LogP contribution in [0.1, 0.15) is 22.3 Å². The zero-order valence-corrected chi connectivity index (χ0v) is 17.4. The van der Waals surface area contributed by atoms with E-state index in [4.69, 9.17) is 10.7 Å². The fourth-order valence-corrected chi connectivity index (χ4v) is 4.15. The van der Waals surface area contributed by atoms with Crippen LogP contribution in [0.25, 0.3) is 33.2 Å². The van der Waals surface area contributed by atoms with Gasteiger partial charge < -0.3 is 16.4 Å². The molecule has 0 saturated carbocycles. The first-order valence-electron chi connectivity index (χ1n) is 10.4. The van der Waals surface area contributed by atoms with Gasteiger partial charge >= 0.3 is 0 Å². The van der Waals surface area contributed by atoms with Crippen LogP contribution in [0.4, 0.5) is 10.2 Å². The Morgan fingerprint density at radius 2 is 2.09 bits per heavy atom. The number of anilines is 1. The van der Waals surface area contributed by atoms with Crippen molar-refractivity contribution in [3.05, 3.63) is 54.0 Å². The number of nitrogens with zero attached hydrogens (tertiary/aromatic N) is 5. The first-order valence-corrected chi connectivity index (χ1v) is 10.4. The molecule has 1 aliphatic rings. The van der Waals surface area contributed by atoms with Crippen molar-refractivity contribution in [1.29, 1.82) is 5.26 Å². The number of rotatable bonds is 4. The third-order valence-electron chi connectivity index (χ3n) is 5.67. The predicted octanol–water partition coefficient (Wildman–Crippen LogP) is 2.32. The lowest BCUT2D eigenvalue weighted by atomic mass is 9.98. The third-order valence-corrected chi connectivity index (χ3v) is 5.67. The van der Waals surface area contributed by atoms with Gasteiger partial charge in [0.1, 0.15) is 29.6 Å². The molecule has 2 atom stereocenters. The lowest BCUT2D eigenvalue weighted by Gasteiger charge is -2.27. The molecule has 4 N–H and O–H groups in total. The molecule has 3 aromatic heterocycles. The highest BCUT2D eigenvalue weighted by Crippen LogP contribution is 2.32. The van der Waals surface area contributed by atoms with Crippen LogP contribution < -0.4 is 16.4 Å². The summed E-state index contributed by atoms with van der Waals surface area (Å²) >= 11 is 0. The summed E-state index contributed by atoms with van der Waals surface area (Å²) in [4.78, 5) is 29.8. The van der Waals surface area contributed by atoms with Crippen LogP contribution in [-0.4, -0.2) is 51.1 Å². The molecule has 9 nitrogen and oxygen atoms in total. The Hall–Kier alpha value is -4.23. The number of carbonyl (C=O) groups excluding carboxylic acids is 1. The molecular weight excluding hydrogens is 423 g/mol. The molecule has 1 amide bonds. The standard InChI is InChI=1S/C23H19FN8O/c24-12-6-13(10-27-9-12)31-23-21-20(29-11-30-23)16(22(26)33)7-19(32-21)15-3-4-18-14(17(15)8-25)2-1-5-28-18/h1-5,7,11-13,27H,6,9-10H2,(H2,26,33)(H,29,30,31)/t12-,13-/m0/s1. The number of pyridine rings is 2. The molecule has 1 saturated heterocycles. The zero-order valence-electron chi connectivity index (χ0n) is 17.4. The van der Waals surface area contributed by atoms with Gasteiger partial charge in [0, 0.05) is 42.7 Å². The second-order valence-corrected chi connectivity index (χ2v) is 7.84. The second-order valence-electron chi connectivity index (χ2n) is 7.84. The fraction of sp³-hybridized carbons (Fsp3) is 0.217. The quantitative estimate of drug-likeness (QED) is 0.437. The highest BCUT2D eigenvalue weighted by Gasteiger charge is 2.24. The summed E-state index contributed by atoms with van der Waals surface area (Å²) < 4.78 is 13.9. The summed E-state index contributed by atoms with van der Waals surface area (Å²) in [6.07, 6.45) is 2.31. The van der Waals surface area contributed by atoms with Crippen molar-refractivity contribution < 1.29 is 9.18 Å². The number of benzene rings is 1. The number of nitriles is 1. The lowest BCUT2D eigenvalue weighted by Crippen LogP contribution is -2.44. The average Bonchev–Trinajstić information content (AvgIpc) is 2.83. The number of halogens is 1. The summed E-state index contributed by atoms with van der Waals surface area (Å²) in [5, 5.41) is 16.8. The van der Waals surface area contributed by atoms with Gasteiger partial charge in [0.25, 0.3) is 5.91 Å². The maximum Gasteiger partial charge on any atom is 0.251 e. The molecule has 0 unspecified atom stereocenters. The van der Waals surface area contributed by atoms with Gasteiger partial charge in [0.2, 0.25) is 0 Å². The van der Waals surface area contributed by atoms with Gasteiger partial charge in [-0.05, 0) is 30.3 Å². The summed E-state index contributed by atoms with van der Waals surface area (Å²) in [6.45, 7) is 0.870. The molecule has 0 spiro atoms. The first-order chi connectivity index (χ1) is 16.0. The van der Waals surface area contributed by atoms with Crippen molar-refractivity contribution in [2.45, 2.75) is 18.6 Å². The fourth-order valence-electron chi connectivity index (χ4n) is 4.15. The molecule has 0 radical (unpaired) electrons. The minimum Gasteiger partial charge on any atom is -0.366 e. The topological polar surface area (TPSA) is 142 Å². The predicted molar refractivity (Wildman–Crippen MR) is 121 cm³/mol. The highest BCUT2D eigenvalue weighted by atomic mass is 19.1. The van der Waals surface area contributed by atoms with E-state index in [1.807, 2.05) is 0 Å². The number of nitrogens with one attached hydrogen (secondary N) is 2. The minimum atomic E-state index is -0.974. The maximum absolute atomic E-state index is 13.9. The van der Waals surface area contributed by atoms with E-state index in [2.05, 4.69) is 31.7 Å². The smallest absolute Gasteiger partial charge is 0.251 e. The Kier molecular flexibility index (Phi) is 5.24. The third kappa shape index (κ3) is 3.79. The highest BCUT2D eigenvalue weighted by molar-refractivity contribution is 6.07. The number of primary amides is 1. The summed E-state index contributed by atoms with van der Waals surface area (Å²) in [6, 6.07) is 10.6. The van der Waals surface area contributed by atoms with Crippen molar-refractivity contribution in [3.63, 3.8) is 0 Å². The van der Waals surface area contributed by atoms with Gasteiger partial charge in [0.05, 0.1) is 22.3 Å². The Balaban J connectivity index is 1.70. The minimum absolute atomic E-state index is 0.153. The first kappa shape index (κ1) is 20.7. The second kappa shape index (κ2) is 8.37. The molecule has 5 rings (SSSR count). The Morgan fingerprint density at radius 1 is 1.21 bits per heavy atom. The molecule has 1 aliphatic heterocycles. The molecule has 0 bridgehead atoms. The molecule has 1 fully saturated rings. The molecule has 4 aromatic rings. The average molecular weight is 442 g/mol. The summed E-state index contributed by atoms with van der Waals surface area (Å²) in [5.74, 6) is -0.316. The van der Waals surface area contributed by atoms with Crippen LogP contribution in [0, 0.1) is 11.3 Å². The van der Waals surface area contributed by atoms with Crippen molar-refractivity contribution >= 4 is 33.7 Å². The van der Waals surface area contributed by atoms with E-state index in [1.165, 1.54) is 12.4 Å². The van der Waals surface area contributed by atoms with E-state index in [9.17, 15) is 14.4 Å². The van der Waals surface area contributed by atoms with Crippen molar-refractivity contribution in [2.75, 3.05) is 18.4 Å². The number of fused-ring (bicyclic) bond motifs is 2. The molecule has 1 aromatic carbocycles. The number of aromatic nitrogens is 4. The summed E-state index contributed by atoms with van der Waals surface area (Å²) in [7, 11) is 0. The normalized spacial score (nSPS) is 18.2. The molecule has 33 heavy (non-hydrogen) atoms. The van der Waals surface area contributed by atoms with E-state index >= 15 is 0 Å². The summed E-state index contributed by atoms with van der Waals surface area (Å²) in [5.41, 5.74) is 8.37.